The van der Waals surface area contributed by atoms with E-state index in [-0.39, 0.29) is 5.91 Å². The van der Waals surface area contributed by atoms with E-state index >= 15 is 0 Å². The lowest BCUT2D eigenvalue weighted by atomic mass is 9.78. The van der Waals surface area contributed by atoms with Crippen LogP contribution in [-0.2, 0) is 4.79 Å². The number of piperidine rings is 1. The molecule has 2 atom stereocenters. The molecule has 2 aliphatic rings. The highest BCUT2D eigenvalue weighted by Gasteiger charge is 2.34. The Morgan fingerprint density at radius 2 is 2.04 bits per heavy atom. The second kappa shape index (κ2) is 6.60. The monoisotopic (exact) mass is 343 g/mol. The highest BCUT2D eigenvalue weighted by atomic mass is 35.5. The van der Waals surface area contributed by atoms with Gasteiger partial charge in [0.25, 0.3) is 0 Å². The SMILES string of the molecule is O=C(C=Cc1c(Cl)nc2ccccn12)N1CCCC2CCCCC21. The molecule has 126 valence electrons. The zero-order valence-electron chi connectivity index (χ0n) is 13.7. The first-order chi connectivity index (χ1) is 11.7. The van der Waals surface area contributed by atoms with Crippen LogP contribution < -0.4 is 0 Å². The largest absolute Gasteiger partial charge is 0.336 e. The lowest BCUT2D eigenvalue weighted by Crippen LogP contribution is -2.49. The molecular formula is C19H22ClN3O. The van der Waals surface area contributed by atoms with Gasteiger partial charge in [-0.3, -0.25) is 9.20 Å². The van der Waals surface area contributed by atoms with E-state index in [4.69, 9.17) is 11.6 Å². The van der Waals surface area contributed by atoms with Gasteiger partial charge in [-0.1, -0.05) is 30.5 Å². The number of nitrogens with zero attached hydrogens (tertiary/aromatic N) is 3. The number of halogens is 1. The predicted octanol–water partition coefficient (Wildman–Crippen LogP) is 4.18. The first-order valence-corrected chi connectivity index (χ1v) is 9.23. The molecule has 0 N–H and O–H groups in total. The molecule has 4 nitrogen and oxygen atoms in total. The van der Waals surface area contributed by atoms with Crippen LogP contribution in [0.25, 0.3) is 11.7 Å². The van der Waals surface area contributed by atoms with Gasteiger partial charge in [-0.25, -0.2) is 4.98 Å². The first-order valence-electron chi connectivity index (χ1n) is 8.85. The third-order valence-electron chi connectivity index (χ3n) is 5.43. The number of hydrogen-bond acceptors (Lipinski definition) is 2. The maximum absolute atomic E-state index is 12.8. The number of likely N-dealkylation sites (tertiary alicyclic amines) is 1. The molecule has 5 heteroatoms. The summed E-state index contributed by atoms with van der Waals surface area (Å²) in [6.07, 6.45) is 12.8. The van der Waals surface area contributed by atoms with Crippen molar-refractivity contribution in [1.29, 1.82) is 0 Å². The summed E-state index contributed by atoms with van der Waals surface area (Å²) in [6, 6.07) is 6.19. The van der Waals surface area contributed by atoms with Gasteiger partial charge in [-0.2, -0.15) is 0 Å². The number of amides is 1. The number of imidazole rings is 1. The lowest BCUT2D eigenvalue weighted by molar-refractivity contribution is -0.132. The summed E-state index contributed by atoms with van der Waals surface area (Å²) in [5.74, 6) is 0.804. The molecule has 3 heterocycles. The fourth-order valence-corrected chi connectivity index (χ4v) is 4.52. The summed E-state index contributed by atoms with van der Waals surface area (Å²) in [5, 5.41) is 0.430. The third-order valence-corrected chi connectivity index (χ3v) is 5.71. The topological polar surface area (TPSA) is 37.6 Å². The van der Waals surface area contributed by atoms with Crippen LogP contribution in [0.1, 0.15) is 44.2 Å². The number of carbonyl (C=O) groups is 1. The maximum atomic E-state index is 12.8. The smallest absolute Gasteiger partial charge is 0.246 e. The minimum atomic E-state index is 0.105. The quantitative estimate of drug-likeness (QED) is 0.767. The van der Waals surface area contributed by atoms with Crippen LogP contribution in [-0.4, -0.2) is 32.8 Å². The number of aromatic nitrogens is 2. The van der Waals surface area contributed by atoms with Gasteiger partial charge in [0.1, 0.15) is 5.65 Å². The maximum Gasteiger partial charge on any atom is 0.246 e. The molecule has 1 saturated carbocycles. The molecular weight excluding hydrogens is 322 g/mol. The number of carbonyl (C=O) groups excluding carboxylic acids is 1. The lowest BCUT2D eigenvalue weighted by Gasteiger charge is -2.43. The average molecular weight is 344 g/mol. The Morgan fingerprint density at radius 3 is 2.96 bits per heavy atom. The van der Waals surface area contributed by atoms with Gasteiger partial charge in [0.05, 0.1) is 5.69 Å². The molecule has 1 saturated heterocycles. The van der Waals surface area contributed by atoms with E-state index in [9.17, 15) is 4.79 Å². The predicted molar refractivity (Wildman–Crippen MR) is 95.9 cm³/mol. The van der Waals surface area contributed by atoms with Crippen molar-refractivity contribution in [3.63, 3.8) is 0 Å². The van der Waals surface area contributed by atoms with Crippen molar-refractivity contribution in [2.75, 3.05) is 6.54 Å². The molecule has 1 aliphatic carbocycles. The number of rotatable bonds is 2. The van der Waals surface area contributed by atoms with Crippen LogP contribution in [0.4, 0.5) is 0 Å². The van der Waals surface area contributed by atoms with Crippen LogP contribution in [0.5, 0.6) is 0 Å². The molecule has 1 amide bonds. The molecule has 0 bridgehead atoms. The van der Waals surface area contributed by atoms with Crippen molar-refractivity contribution in [1.82, 2.24) is 14.3 Å². The van der Waals surface area contributed by atoms with Gasteiger partial charge in [0.15, 0.2) is 5.15 Å². The van der Waals surface area contributed by atoms with Crippen molar-refractivity contribution in [3.8, 4) is 0 Å². The minimum Gasteiger partial charge on any atom is -0.336 e. The zero-order chi connectivity index (χ0) is 16.5. The fraction of sp³-hybridized carbons (Fsp3) is 0.474. The molecule has 2 fully saturated rings. The summed E-state index contributed by atoms with van der Waals surface area (Å²) in [6.45, 7) is 0.880. The highest BCUT2D eigenvalue weighted by Crippen LogP contribution is 2.35. The van der Waals surface area contributed by atoms with E-state index in [1.807, 2.05) is 28.8 Å². The molecule has 2 aromatic rings. The van der Waals surface area contributed by atoms with Crippen molar-refractivity contribution < 1.29 is 4.79 Å². The first kappa shape index (κ1) is 15.7. The Labute approximate surface area is 147 Å². The summed E-state index contributed by atoms with van der Waals surface area (Å²) < 4.78 is 1.91. The summed E-state index contributed by atoms with van der Waals surface area (Å²) in [4.78, 5) is 19.2. The van der Waals surface area contributed by atoms with Crippen LogP contribution in [0.2, 0.25) is 5.15 Å². The zero-order valence-corrected chi connectivity index (χ0v) is 14.5. The van der Waals surface area contributed by atoms with Crippen LogP contribution in [0.15, 0.2) is 30.5 Å². The van der Waals surface area contributed by atoms with Gasteiger partial charge in [0.2, 0.25) is 5.91 Å². The molecule has 24 heavy (non-hydrogen) atoms. The van der Waals surface area contributed by atoms with Crippen LogP contribution in [0, 0.1) is 5.92 Å². The number of pyridine rings is 1. The Morgan fingerprint density at radius 1 is 1.21 bits per heavy atom. The second-order valence-corrected chi connectivity index (χ2v) is 7.19. The Kier molecular flexibility index (Phi) is 4.31. The van der Waals surface area contributed by atoms with Crippen molar-refractivity contribution >= 4 is 29.2 Å². The molecule has 0 radical (unpaired) electrons. The third kappa shape index (κ3) is 2.84. The Bertz CT molecular complexity index is 780. The summed E-state index contributed by atoms with van der Waals surface area (Å²) in [7, 11) is 0. The van der Waals surface area contributed by atoms with Gasteiger partial charge < -0.3 is 4.90 Å². The molecule has 0 aromatic carbocycles. The molecule has 1 aliphatic heterocycles. The Balaban J connectivity index is 1.56. The van der Waals surface area contributed by atoms with E-state index in [0.29, 0.717) is 17.1 Å². The molecule has 2 unspecified atom stereocenters. The van der Waals surface area contributed by atoms with E-state index in [1.54, 1.807) is 12.2 Å². The molecule has 0 spiro atoms. The highest BCUT2D eigenvalue weighted by molar-refractivity contribution is 6.31. The van der Waals surface area contributed by atoms with Crippen LogP contribution >= 0.6 is 11.6 Å². The summed E-state index contributed by atoms with van der Waals surface area (Å²) in [5.41, 5.74) is 1.55. The standard InChI is InChI=1S/C19H22ClN3O/c20-19-16(22-12-4-3-9-17(22)21-19)10-11-18(24)23-13-5-7-14-6-1-2-8-15(14)23/h3-4,9-12,14-15H,1-2,5-8,13H2. The van der Waals surface area contributed by atoms with E-state index in [1.165, 1.54) is 25.7 Å². The van der Waals surface area contributed by atoms with Gasteiger partial charge in [-0.15, -0.1) is 0 Å². The van der Waals surface area contributed by atoms with Gasteiger partial charge >= 0.3 is 0 Å². The van der Waals surface area contributed by atoms with Gasteiger partial charge in [0, 0.05) is 24.9 Å². The van der Waals surface area contributed by atoms with E-state index in [2.05, 4.69) is 9.88 Å². The van der Waals surface area contributed by atoms with Crippen molar-refractivity contribution in [3.05, 3.63) is 41.3 Å². The van der Waals surface area contributed by atoms with E-state index < -0.39 is 0 Å². The second-order valence-electron chi connectivity index (χ2n) is 6.84. The summed E-state index contributed by atoms with van der Waals surface area (Å²) >= 11 is 6.24. The normalized spacial score (nSPS) is 24.5. The average Bonchev–Trinajstić information content (AvgIpc) is 2.94. The van der Waals surface area contributed by atoms with Crippen molar-refractivity contribution in [2.45, 2.75) is 44.6 Å². The van der Waals surface area contributed by atoms with Crippen LogP contribution in [0.3, 0.4) is 0 Å². The minimum absolute atomic E-state index is 0.105. The van der Waals surface area contributed by atoms with Crippen molar-refractivity contribution in [2.24, 2.45) is 5.92 Å². The molecule has 4 rings (SSSR count). The number of fused-ring (bicyclic) bond motifs is 2. The fourth-order valence-electron chi connectivity index (χ4n) is 4.28. The Hall–Kier alpha value is -1.81. The van der Waals surface area contributed by atoms with E-state index in [0.717, 1.165) is 30.7 Å². The van der Waals surface area contributed by atoms with Gasteiger partial charge in [-0.05, 0) is 49.8 Å². The number of hydrogen-bond donors (Lipinski definition) is 0. The molecule has 2 aromatic heterocycles.